The van der Waals surface area contributed by atoms with Crippen LogP contribution in [0.1, 0.15) is 52.1 Å². The number of fused-ring (bicyclic) bond motifs is 1. The van der Waals surface area contributed by atoms with Crippen LogP contribution < -0.4 is 5.32 Å². The monoisotopic (exact) mass is 467 g/mol. The largest absolute Gasteiger partial charge is 0.480 e. The minimum absolute atomic E-state index is 0.0374. The highest BCUT2D eigenvalue weighted by atomic mass is 35.5. The number of carboxylic acids is 1. The Kier molecular flexibility index (Phi) is 6.89. The highest BCUT2D eigenvalue weighted by Crippen LogP contribution is 2.31. The lowest BCUT2D eigenvalue weighted by Gasteiger charge is -2.14. The Labute approximate surface area is 195 Å². The van der Waals surface area contributed by atoms with Crippen molar-refractivity contribution in [2.75, 3.05) is 0 Å². The summed E-state index contributed by atoms with van der Waals surface area (Å²) in [7, 11) is 0. The number of H-pyrrole nitrogens is 1. The molecule has 4 rings (SSSR count). The van der Waals surface area contributed by atoms with Crippen LogP contribution in [0, 0.1) is 5.82 Å². The van der Waals surface area contributed by atoms with Crippen LogP contribution in [0.5, 0.6) is 0 Å². The lowest BCUT2D eigenvalue weighted by atomic mass is 10.0. The maximum atomic E-state index is 13.2. The van der Waals surface area contributed by atoms with Gasteiger partial charge in [-0.15, -0.1) is 0 Å². The molecule has 1 atom stereocenters. The van der Waals surface area contributed by atoms with Crippen molar-refractivity contribution in [3.8, 4) is 0 Å². The van der Waals surface area contributed by atoms with Crippen LogP contribution in [0.25, 0.3) is 11.6 Å². The van der Waals surface area contributed by atoms with Crippen molar-refractivity contribution < 1.29 is 19.1 Å². The van der Waals surface area contributed by atoms with Gasteiger partial charge in [0.25, 0.3) is 5.91 Å². The van der Waals surface area contributed by atoms with E-state index in [1.165, 1.54) is 24.3 Å². The first-order valence-corrected chi connectivity index (χ1v) is 11.1. The Bertz CT molecular complexity index is 1190. The van der Waals surface area contributed by atoms with E-state index in [0.717, 1.165) is 41.7 Å². The number of carbonyl (C=O) groups excluding carboxylic acids is 1. The maximum Gasteiger partial charge on any atom is 0.326 e. The van der Waals surface area contributed by atoms with Gasteiger partial charge < -0.3 is 10.4 Å². The average Bonchev–Trinajstić information content (AvgIpc) is 3.12. The third kappa shape index (κ3) is 5.49. The Morgan fingerprint density at radius 2 is 1.82 bits per heavy atom. The minimum Gasteiger partial charge on any atom is -0.480 e. The standard InChI is InChI=1S/C25H23ClFN3O3/c26-18-9-5-15(6-10-18)13-17-3-1-2-4-20-22(17)29-30-23(20)24(31)28-21(25(32)33)14-16-7-11-19(27)12-8-16/h5-13,21H,1-4,14H2,(H,28,31)(H,29,30)(H,32,33)/t21-/m1/s1. The molecule has 0 unspecified atom stereocenters. The molecule has 1 amide bonds. The molecule has 2 aromatic carbocycles. The second-order valence-corrected chi connectivity index (χ2v) is 8.49. The average molecular weight is 468 g/mol. The van der Waals surface area contributed by atoms with Gasteiger partial charge in [0.1, 0.15) is 11.9 Å². The molecular weight excluding hydrogens is 445 g/mol. The van der Waals surface area contributed by atoms with Crippen molar-refractivity contribution in [2.45, 2.75) is 38.1 Å². The fourth-order valence-electron chi connectivity index (χ4n) is 3.99. The second-order valence-electron chi connectivity index (χ2n) is 8.05. The van der Waals surface area contributed by atoms with Crippen molar-refractivity contribution in [1.82, 2.24) is 15.5 Å². The number of hydrogen-bond donors (Lipinski definition) is 3. The van der Waals surface area contributed by atoms with Gasteiger partial charge in [-0.3, -0.25) is 9.89 Å². The molecule has 0 fully saturated rings. The maximum absolute atomic E-state index is 13.2. The zero-order valence-corrected chi connectivity index (χ0v) is 18.5. The first kappa shape index (κ1) is 22.7. The summed E-state index contributed by atoms with van der Waals surface area (Å²) in [6.45, 7) is 0. The summed E-state index contributed by atoms with van der Waals surface area (Å²) in [5.74, 6) is -2.12. The fraction of sp³-hybridized carbons (Fsp3) is 0.240. The number of aliphatic carboxylic acids is 1. The molecule has 3 N–H and O–H groups in total. The molecule has 3 aromatic rings. The zero-order valence-electron chi connectivity index (χ0n) is 17.8. The molecule has 0 radical (unpaired) electrons. The molecule has 0 saturated carbocycles. The second kappa shape index (κ2) is 10.0. The zero-order chi connectivity index (χ0) is 23.4. The summed E-state index contributed by atoms with van der Waals surface area (Å²) in [6.07, 6.45) is 5.45. The van der Waals surface area contributed by atoms with Crippen molar-refractivity contribution >= 4 is 35.1 Å². The van der Waals surface area contributed by atoms with Gasteiger partial charge in [0.05, 0.1) is 5.69 Å². The quantitative estimate of drug-likeness (QED) is 0.449. The van der Waals surface area contributed by atoms with Crippen LogP contribution in [0.15, 0.2) is 48.5 Å². The van der Waals surface area contributed by atoms with Gasteiger partial charge >= 0.3 is 5.97 Å². The number of carbonyl (C=O) groups is 2. The molecule has 1 aromatic heterocycles. The van der Waals surface area contributed by atoms with Crippen LogP contribution in [-0.2, 0) is 17.6 Å². The molecule has 1 heterocycles. The summed E-state index contributed by atoms with van der Waals surface area (Å²) in [5.41, 5.74) is 4.44. The SMILES string of the molecule is O=C(N[C@H](Cc1ccc(F)cc1)C(=O)O)c1n[nH]c2c1CCCCC2=Cc1ccc(Cl)cc1. The fourth-order valence-corrected chi connectivity index (χ4v) is 4.12. The number of allylic oxidation sites excluding steroid dienone is 1. The van der Waals surface area contributed by atoms with E-state index in [4.69, 9.17) is 11.6 Å². The van der Waals surface area contributed by atoms with Gasteiger partial charge in [-0.2, -0.15) is 5.10 Å². The topological polar surface area (TPSA) is 95.1 Å². The number of rotatable bonds is 6. The third-order valence-electron chi connectivity index (χ3n) is 5.69. The summed E-state index contributed by atoms with van der Waals surface area (Å²) in [5, 5.41) is 20.1. The lowest BCUT2D eigenvalue weighted by molar-refractivity contribution is -0.139. The Morgan fingerprint density at radius 1 is 1.12 bits per heavy atom. The Balaban J connectivity index is 1.57. The summed E-state index contributed by atoms with van der Waals surface area (Å²) in [4.78, 5) is 24.8. The summed E-state index contributed by atoms with van der Waals surface area (Å²) in [6, 6.07) is 11.9. The molecule has 0 spiro atoms. The van der Waals surface area contributed by atoms with E-state index in [1.54, 1.807) is 0 Å². The molecule has 0 bridgehead atoms. The van der Waals surface area contributed by atoms with E-state index in [1.807, 2.05) is 24.3 Å². The Hall–Kier alpha value is -3.45. The van der Waals surface area contributed by atoms with Crippen LogP contribution in [-0.4, -0.2) is 33.2 Å². The van der Waals surface area contributed by atoms with Crippen molar-refractivity contribution in [3.05, 3.63) is 87.4 Å². The molecule has 0 aliphatic heterocycles. The van der Waals surface area contributed by atoms with Crippen LogP contribution in [0.4, 0.5) is 4.39 Å². The molecule has 1 aliphatic carbocycles. The highest BCUT2D eigenvalue weighted by molar-refractivity contribution is 6.30. The number of nitrogens with zero attached hydrogens (tertiary/aromatic N) is 1. The van der Waals surface area contributed by atoms with E-state index >= 15 is 0 Å². The van der Waals surface area contributed by atoms with E-state index in [9.17, 15) is 19.1 Å². The number of amides is 1. The molecular formula is C25H23ClFN3O3. The van der Waals surface area contributed by atoms with Gasteiger partial charge in [0.2, 0.25) is 0 Å². The number of hydrogen-bond acceptors (Lipinski definition) is 3. The molecule has 1 aliphatic rings. The summed E-state index contributed by atoms with van der Waals surface area (Å²) < 4.78 is 13.2. The van der Waals surface area contributed by atoms with Gasteiger partial charge in [0, 0.05) is 17.0 Å². The summed E-state index contributed by atoms with van der Waals surface area (Å²) >= 11 is 5.98. The lowest BCUT2D eigenvalue weighted by Crippen LogP contribution is -2.42. The van der Waals surface area contributed by atoms with Gasteiger partial charge in [-0.05, 0) is 72.7 Å². The minimum atomic E-state index is -1.17. The number of benzene rings is 2. The number of nitrogens with one attached hydrogen (secondary N) is 2. The van der Waals surface area contributed by atoms with Gasteiger partial charge in [-0.25, -0.2) is 9.18 Å². The number of aromatic amines is 1. The predicted octanol–water partition coefficient (Wildman–Crippen LogP) is 4.89. The van der Waals surface area contributed by atoms with Crippen LogP contribution in [0.3, 0.4) is 0 Å². The molecule has 8 heteroatoms. The first-order chi connectivity index (χ1) is 15.9. The smallest absolute Gasteiger partial charge is 0.326 e. The third-order valence-corrected chi connectivity index (χ3v) is 5.95. The van der Waals surface area contributed by atoms with Crippen molar-refractivity contribution in [1.29, 1.82) is 0 Å². The van der Waals surface area contributed by atoms with E-state index in [-0.39, 0.29) is 12.1 Å². The Morgan fingerprint density at radius 3 is 2.52 bits per heavy atom. The first-order valence-electron chi connectivity index (χ1n) is 10.7. The van der Waals surface area contributed by atoms with Crippen molar-refractivity contribution in [2.24, 2.45) is 0 Å². The van der Waals surface area contributed by atoms with E-state index < -0.39 is 23.7 Å². The molecule has 0 saturated heterocycles. The van der Waals surface area contributed by atoms with Crippen LogP contribution >= 0.6 is 11.6 Å². The van der Waals surface area contributed by atoms with Gasteiger partial charge in [-0.1, -0.05) is 35.9 Å². The molecule has 170 valence electrons. The van der Waals surface area contributed by atoms with Gasteiger partial charge in [0.15, 0.2) is 5.69 Å². The van der Waals surface area contributed by atoms with Crippen LogP contribution in [0.2, 0.25) is 5.02 Å². The predicted molar refractivity (Wildman–Crippen MR) is 124 cm³/mol. The number of aromatic nitrogens is 2. The normalized spacial score (nSPS) is 15.5. The molecule has 33 heavy (non-hydrogen) atoms. The van der Waals surface area contributed by atoms with E-state index in [2.05, 4.69) is 21.6 Å². The van der Waals surface area contributed by atoms with E-state index in [0.29, 0.717) is 17.0 Å². The number of halogens is 2. The highest BCUT2D eigenvalue weighted by Gasteiger charge is 2.27. The van der Waals surface area contributed by atoms with Crippen molar-refractivity contribution in [3.63, 3.8) is 0 Å². The molecule has 6 nitrogen and oxygen atoms in total. The number of carboxylic acid groups (broad SMARTS) is 1.